The molecule has 0 spiro atoms. The van der Waals surface area contributed by atoms with Crippen LogP contribution in [-0.4, -0.2) is 4.98 Å². The van der Waals surface area contributed by atoms with Crippen molar-refractivity contribution in [1.82, 2.24) is 4.98 Å². The van der Waals surface area contributed by atoms with Gasteiger partial charge in [-0.3, -0.25) is 0 Å². The van der Waals surface area contributed by atoms with Crippen molar-refractivity contribution in [2.45, 2.75) is 31.2 Å². The van der Waals surface area contributed by atoms with Gasteiger partial charge in [0.1, 0.15) is 0 Å². The van der Waals surface area contributed by atoms with Gasteiger partial charge in [0.05, 0.1) is 10.5 Å². The average molecular weight is 235 g/mol. The molecule has 0 saturated heterocycles. The smallest absolute Gasteiger partial charge is 0.0659 e. The quantitative estimate of drug-likeness (QED) is 0.779. The molecule has 1 aromatic heterocycles. The number of halogens is 1. The van der Waals surface area contributed by atoms with Gasteiger partial charge in [-0.1, -0.05) is 42.6 Å². The number of aromatic nitrogens is 1. The molecule has 1 aromatic carbocycles. The summed E-state index contributed by atoms with van der Waals surface area (Å²) in [6.45, 7) is 0. The zero-order chi connectivity index (χ0) is 11.2. The predicted molar refractivity (Wildman–Crippen MR) is 67.6 cm³/mol. The molecule has 3 rings (SSSR count). The summed E-state index contributed by atoms with van der Waals surface area (Å²) < 4.78 is 0. The summed E-state index contributed by atoms with van der Waals surface area (Å²) in [6, 6.07) is 6.21. The molecule has 1 aliphatic rings. The largest absolute Gasteiger partial charge is 0.359 e. The van der Waals surface area contributed by atoms with Crippen LogP contribution in [0.15, 0.2) is 24.4 Å². The Bertz CT molecular complexity index is 524. The third-order valence-corrected chi connectivity index (χ3v) is 4.01. The van der Waals surface area contributed by atoms with Crippen molar-refractivity contribution < 1.29 is 0 Å². The maximum atomic E-state index is 6.49. The minimum absolute atomic E-state index is 0.159. The van der Waals surface area contributed by atoms with Crippen molar-refractivity contribution in [3.05, 3.63) is 35.0 Å². The fourth-order valence-electron chi connectivity index (χ4n) is 2.81. The van der Waals surface area contributed by atoms with Crippen molar-refractivity contribution in [2.24, 2.45) is 5.73 Å². The Balaban J connectivity index is 2.23. The van der Waals surface area contributed by atoms with Crippen LogP contribution in [0, 0.1) is 0 Å². The van der Waals surface area contributed by atoms with Crippen LogP contribution in [0.4, 0.5) is 0 Å². The number of hydrogen-bond donors (Lipinski definition) is 2. The van der Waals surface area contributed by atoms with Crippen LogP contribution in [0.5, 0.6) is 0 Å². The van der Waals surface area contributed by atoms with E-state index in [1.54, 1.807) is 0 Å². The topological polar surface area (TPSA) is 41.8 Å². The van der Waals surface area contributed by atoms with E-state index in [-0.39, 0.29) is 5.54 Å². The zero-order valence-corrected chi connectivity index (χ0v) is 9.85. The lowest BCUT2D eigenvalue weighted by atomic mass is 9.88. The van der Waals surface area contributed by atoms with Gasteiger partial charge < -0.3 is 10.7 Å². The molecule has 84 valence electrons. The Hall–Kier alpha value is -0.990. The first-order chi connectivity index (χ1) is 7.71. The molecule has 1 aliphatic carbocycles. The predicted octanol–water partition coefficient (Wildman–Crippen LogP) is 3.55. The lowest BCUT2D eigenvalue weighted by Gasteiger charge is -2.24. The molecule has 0 atom stereocenters. The summed E-state index contributed by atoms with van der Waals surface area (Å²) in [5, 5.41) is 1.86. The van der Waals surface area contributed by atoms with Gasteiger partial charge in [0.25, 0.3) is 0 Å². The Morgan fingerprint density at radius 2 is 2.00 bits per heavy atom. The summed E-state index contributed by atoms with van der Waals surface area (Å²) in [6.07, 6.45) is 6.43. The van der Waals surface area contributed by atoms with Crippen LogP contribution in [0.3, 0.4) is 0 Å². The van der Waals surface area contributed by atoms with Crippen molar-refractivity contribution in [1.29, 1.82) is 0 Å². The maximum Gasteiger partial charge on any atom is 0.0659 e. The first kappa shape index (κ1) is 10.2. The average Bonchev–Trinajstić information content (AvgIpc) is 2.87. The lowest BCUT2D eigenvalue weighted by Crippen LogP contribution is -2.33. The first-order valence-electron chi connectivity index (χ1n) is 5.76. The number of nitrogens with one attached hydrogen (secondary N) is 1. The second-order valence-corrected chi connectivity index (χ2v) is 5.14. The van der Waals surface area contributed by atoms with Crippen LogP contribution >= 0.6 is 11.6 Å². The minimum atomic E-state index is -0.159. The van der Waals surface area contributed by atoms with Gasteiger partial charge in [-0.25, -0.2) is 0 Å². The molecule has 3 heteroatoms. The molecule has 0 amide bonds. The zero-order valence-electron chi connectivity index (χ0n) is 9.09. The summed E-state index contributed by atoms with van der Waals surface area (Å²) >= 11 is 6.12. The van der Waals surface area contributed by atoms with Crippen LogP contribution in [0.2, 0.25) is 5.02 Å². The Morgan fingerprint density at radius 1 is 1.25 bits per heavy atom. The van der Waals surface area contributed by atoms with Gasteiger partial charge in [-0.15, -0.1) is 0 Å². The fraction of sp³-hybridized carbons (Fsp3) is 0.385. The third kappa shape index (κ3) is 1.37. The molecule has 0 radical (unpaired) electrons. The molecule has 3 N–H and O–H groups in total. The number of nitrogens with two attached hydrogens (primary N) is 1. The van der Waals surface area contributed by atoms with Gasteiger partial charge in [-0.2, -0.15) is 0 Å². The highest BCUT2D eigenvalue weighted by atomic mass is 35.5. The third-order valence-electron chi connectivity index (χ3n) is 3.70. The van der Waals surface area contributed by atoms with Gasteiger partial charge in [-0.05, 0) is 18.4 Å². The van der Waals surface area contributed by atoms with Crippen LogP contribution in [0.25, 0.3) is 10.9 Å². The molecule has 1 saturated carbocycles. The Labute approximate surface area is 99.8 Å². The van der Waals surface area contributed by atoms with Gasteiger partial charge >= 0.3 is 0 Å². The molecule has 0 aliphatic heterocycles. The molecular formula is C13H15ClN2. The second kappa shape index (κ2) is 3.51. The number of rotatable bonds is 1. The van der Waals surface area contributed by atoms with E-state index in [1.165, 1.54) is 18.4 Å². The normalized spacial score (nSPS) is 19.4. The second-order valence-electron chi connectivity index (χ2n) is 4.73. The van der Waals surface area contributed by atoms with Gasteiger partial charge in [0, 0.05) is 17.1 Å². The van der Waals surface area contributed by atoms with Crippen molar-refractivity contribution in [2.75, 3.05) is 0 Å². The van der Waals surface area contributed by atoms with E-state index >= 15 is 0 Å². The molecule has 2 nitrogen and oxygen atoms in total. The van der Waals surface area contributed by atoms with Crippen LogP contribution in [0.1, 0.15) is 31.2 Å². The summed E-state index contributed by atoms with van der Waals surface area (Å²) in [5.41, 5.74) is 8.66. The standard InChI is InChI=1S/C13H15ClN2/c14-11-8-16-12-9(11)4-3-5-10(12)13(15)6-1-2-7-13/h3-5,8,16H,1-2,6-7,15H2. The van der Waals surface area contributed by atoms with Crippen molar-refractivity contribution in [3.8, 4) is 0 Å². The number of para-hydroxylation sites is 1. The Morgan fingerprint density at radius 3 is 2.75 bits per heavy atom. The molecule has 16 heavy (non-hydrogen) atoms. The molecule has 1 fully saturated rings. The molecule has 0 unspecified atom stereocenters. The monoisotopic (exact) mass is 234 g/mol. The minimum Gasteiger partial charge on any atom is -0.359 e. The van der Waals surface area contributed by atoms with Crippen LogP contribution < -0.4 is 5.73 Å². The van der Waals surface area contributed by atoms with Crippen LogP contribution in [-0.2, 0) is 5.54 Å². The van der Waals surface area contributed by atoms with E-state index in [9.17, 15) is 0 Å². The number of fused-ring (bicyclic) bond motifs is 1. The first-order valence-corrected chi connectivity index (χ1v) is 6.13. The van der Waals surface area contributed by atoms with E-state index in [2.05, 4.69) is 11.1 Å². The number of H-pyrrole nitrogens is 1. The van der Waals surface area contributed by atoms with Crippen molar-refractivity contribution in [3.63, 3.8) is 0 Å². The molecule has 0 bridgehead atoms. The molecule has 2 aromatic rings. The van der Waals surface area contributed by atoms with E-state index in [4.69, 9.17) is 17.3 Å². The Kier molecular flexibility index (Phi) is 2.23. The van der Waals surface area contributed by atoms with E-state index in [0.29, 0.717) is 0 Å². The van der Waals surface area contributed by atoms with E-state index < -0.39 is 0 Å². The number of benzene rings is 1. The highest BCUT2D eigenvalue weighted by molar-refractivity contribution is 6.35. The molecular weight excluding hydrogens is 220 g/mol. The van der Waals surface area contributed by atoms with Crippen molar-refractivity contribution >= 4 is 22.5 Å². The van der Waals surface area contributed by atoms with E-state index in [0.717, 1.165) is 28.8 Å². The summed E-state index contributed by atoms with van der Waals surface area (Å²) in [7, 11) is 0. The van der Waals surface area contributed by atoms with Gasteiger partial charge in [0.2, 0.25) is 0 Å². The highest BCUT2D eigenvalue weighted by Gasteiger charge is 2.32. The maximum absolute atomic E-state index is 6.49. The lowest BCUT2D eigenvalue weighted by molar-refractivity contribution is 0.465. The number of aromatic amines is 1. The summed E-state index contributed by atoms with van der Waals surface area (Å²) in [5.74, 6) is 0. The summed E-state index contributed by atoms with van der Waals surface area (Å²) in [4.78, 5) is 3.25. The SMILES string of the molecule is NC1(c2cccc3c(Cl)c[nH]c23)CCCC1. The van der Waals surface area contributed by atoms with Gasteiger partial charge in [0.15, 0.2) is 0 Å². The number of hydrogen-bond acceptors (Lipinski definition) is 1. The fourth-order valence-corrected chi connectivity index (χ4v) is 3.02. The molecule has 1 heterocycles. The van der Waals surface area contributed by atoms with E-state index in [1.807, 2.05) is 18.3 Å². The highest BCUT2D eigenvalue weighted by Crippen LogP contribution is 2.40.